The Kier molecular flexibility index (Phi) is 4.37. The van der Waals surface area contributed by atoms with Gasteiger partial charge in [0.05, 0.1) is 6.04 Å². The van der Waals surface area contributed by atoms with Crippen molar-refractivity contribution in [1.29, 1.82) is 0 Å². The molecule has 2 aliphatic rings. The van der Waals surface area contributed by atoms with Crippen LogP contribution in [0.3, 0.4) is 0 Å². The normalized spacial score (nSPS) is 31.6. The molecule has 2 saturated carbocycles. The second-order valence-electron chi connectivity index (χ2n) is 6.75. The van der Waals surface area contributed by atoms with Crippen molar-refractivity contribution in [2.75, 3.05) is 0 Å². The van der Waals surface area contributed by atoms with Gasteiger partial charge in [0.2, 0.25) is 0 Å². The number of nitrogens with one attached hydrogen (secondary N) is 1. The molecule has 0 amide bonds. The fourth-order valence-corrected chi connectivity index (χ4v) is 4.49. The molecule has 1 aromatic rings. The van der Waals surface area contributed by atoms with E-state index in [2.05, 4.69) is 23.4 Å². The summed E-state index contributed by atoms with van der Waals surface area (Å²) in [4.78, 5) is 4.30. The van der Waals surface area contributed by atoms with E-state index in [1.807, 2.05) is 12.4 Å². The molecule has 0 aliphatic heterocycles. The van der Waals surface area contributed by atoms with E-state index in [1.165, 1.54) is 56.1 Å². The monoisotopic (exact) mass is 273 g/mol. The minimum Gasteiger partial charge on any atom is -0.271 e. The summed E-state index contributed by atoms with van der Waals surface area (Å²) in [6.07, 6.45) is 13.7. The number of hydrogen-bond donors (Lipinski definition) is 2. The average molecular weight is 273 g/mol. The summed E-state index contributed by atoms with van der Waals surface area (Å²) in [5.74, 6) is 8.50. The van der Waals surface area contributed by atoms with Crippen molar-refractivity contribution >= 4 is 0 Å². The molecule has 3 N–H and O–H groups in total. The summed E-state index contributed by atoms with van der Waals surface area (Å²) in [5.41, 5.74) is 5.67. The maximum absolute atomic E-state index is 5.89. The van der Waals surface area contributed by atoms with Crippen molar-refractivity contribution < 1.29 is 0 Å². The number of pyridine rings is 1. The Morgan fingerprint density at radius 2 is 2.00 bits per heavy atom. The van der Waals surface area contributed by atoms with Gasteiger partial charge in [-0.05, 0) is 61.1 Å². The number of nitrogens with zero attached hydrogens (tertiary/aromatic N) is 1. The van der Waals surface area contributed by atoms with E-state index in [0.29, 0.717) is 5.92 Å². The molecule has 2 fully saturated rings. The fourth-order valence-electron chi connectivity index (χ4n) is 4.49. The van der Waals surface area contributed by atoms with E-state index in [0.717, 1.165) is 11.8 Å². The third-order valence-corrected chi connectivity index (χ3v) is 5.65. The van der Waals surface area contributed by atoms with Gasteiger partial charge in [0, 0.05) is 12.4 Å². The van der Waals surface area contributed by atoms with Crippen molar-refractivity contribution in [3.8, 4) is 0 Å². The number of fused-ring (bicyclic) bond motifs is 1. The summed E-state index contributed by atoms with van der Waals surface area (Å²) < 4.78 is 0. The topological polar surface area (TPSA) is 50.9 Å². The van der Waals surface area contributed by atoms with Crippen LogP contribution in [0.2, 0.25) is 0 Å². The van der Waals surface area contributed by atoms with Crippen molar-refractivity contribution in [3.05, 3.63) is 29.6 Å². The average Bonchev–Trinajstić information content (AvgIpc) is 2.50. The second kappa shape index (κ2) is 6.23. The van der Waals surface area contributed by atoms with Gasteiger partial charge in [-0.15, -0.1) is 0 Å². The molecule has 4 unspecified atom stereocenters. The maximum Gasteiger partial charge on any atom is 0.0506 e. The van der Waals surface area contributed by atoms with E-state index >= 15 is 0 Å². The van der Waals surface area contributed by atoms with Crippen molar-refractivity contribution in [2.45, 2.75) is 57.9 Å². The van der Waals surface area contributed by atoms with Crippen molar-refractivity contribution in [3.63, 3.8) is 0 Å². The molecule has 1 heterocycles. The molecular weight excluding hydrogens is 246 g/mol. The Bertz CT molecular complexity index is 446. The summed E-state index contributed by atoms with van der Waals surface area (Å²) in [5, 5.41) is 0. The van der Waals surface area contributed by atoms with E-state index < -0.39 is 0 Å². The Morgan fingerprint density at radius 1 is 1.20 bits per heavy atom. The van der Waals surface area contributed by atoms with E-state index in [4.69, 9.17) is 5.84 Å². The zero-order valence-electron chi connectivity index (χ0n) is 12.5. The van der Waals surface area contributed by atoms with Gasteiger partial charge in [-0.25, -0.2) is 0 Å². The number of nitrogens with two attached hydrogens (primary N) is 1. The molecule has 2 aliphatic carbocycles. The third-order valence-electron chi connectivity index (χ3n) is 5.65. The van der Waals surface area contributed by atoms with Gasteiger partial charge in [0.15, 0.2) is 0 Å². The summed E-state index contributed by atoms with van der Waals surface area (Å²) >= 11 is 0. The van der Waals surface area contributed by atoms with Crippen LogP contribution in [-0.4, -0.2) is 4.98 Å². The predicted molar refractivity (Wildman–Crippen MR) is 81.8 cm³/mol. The Hall–Kier alpha value is -0.930. The molecule has 0 aromatic carbocycles. The van der Waals surface area contributed by atoms with Crippen LogP contribution >= 0.6 is 0 Å². The number of aromatic nitrogens is 1. The Balaban J connectivity index is 1.75. The molecule has 1 aromatic heterocycles. The van der Waals surface area contributed by atoms with Crippen LogP contribution in [0.4, 0.5) is 0 Å². The Morgan fingerprint density at radius 3 is 2.75 bits per heavy atom. The quantitative estimate of drug-likeness (QED) is 0.654. The molecule has 0 saturated heterocycles. The smallest absolute Gasteiger partial charge is 0.0506 e. The first kappa shape index (κ1) is 14.0. The number of rotatable bonds is 3. The third kappa shape index (κ3) is 2.75. The molecule has 0 radical (unpaired) electrons. The maximum atomic E-state index is 5.89. The molecular formula is C17H27N3. The van der Waals surface area contributed by atoms with Gasteiger partial charge in [-0.3, -0.25) is 16.3 Å². The van der Waals surface area contributed by atoms with E-state index in [-0.39, 0.29) is 6.04 Å². The Labute approximate surface area is 122 Å². The molecule has 4 atom stereocenters. The van der Waals surface area contributed by atoms with Crippen LogP contribution in [0.25, 0.3) is 0 Å². The van der Waals surface area contributed by atoms with Gasteiger partial charge in [-0.2, -0.15) is 0 Å². The van der Waals surface area contributed by atoms with Crippen LogP contribution in [0.15, 0.2) is 18.5 Å². The summed E-state index contributed by atoms with van der Waals surface area (Å²) in [7, 11) is 0. The largest absolute Gasteiger partial charge is 0.271 e. The molecule has 0 spiro atoms. The van der Waals surface area contributed by atoms with E-state index in [1.54, 1.807) is 0 Å². The van der Waals surface area contributed by atoms with Gasteiger partial charge < -0.3 is 0 Å². The molecule has 3 nitrogen and oxygen atoms in total. The zero-order valence-corrected chi connectivity index (χ0v) is 12.5. The minimum absolute atomic E-state index is 0.270. The van der Waals surface area contributed by atoms with Gasteiger partial charge in [0.1, 0.15) is 0 Å². The molecule has 3 rings (SSSR count). The second-order valence-corrected chi connectivity index (χ2v) is 6.75. The van der Waals surface area contributed by atoms with E-state index in [9.17, 15) is 0 Å². The lowest BCUT2D eigenvalue weighted by atomic mass is 9.65. The van der Waals surface area contributed by atoms with Crippen LogP contribution < -0.4 is 11.3 Å². The number of hydrazine groups is 1. The van der Waals surface area contributed by atoms with Crippen molar-refractivity contribution in [1.82, 2.24) is 10.4 Å². The fraction of sp³-hybridized carbons (Fsp3) is 0.706. The molecule has 110 valence electrons. The first-order valence-corrected chi connectivity index (χ1v) is 8.16. The minimum atomic E-state index is 0.270. The number of hydrogen-bond acceptors (Lipinski definition) is 3. The highest BCUT2D eigenvalue weighted by Gasteiger charge is 2.35. The van der Waals surface area contributed by atoms with Gasteiger partial charge in [0.25, 0.3) is 0 Å². The molecule has 3 heteroatoms. The molecule has 0 bridgehead atoms. The van der Waals surface area contributed by atoms with Gasteiger partial charge >= 0.3 is 0 Å². The lowest BCUT2D eigenvalue weighted by Gasteiger charge is -2.42. The highest BCUT2D eigenvalue weighted by molar-refractivity contribution is 5.25. The standard InChI is InChI=1S/C17H27N3/c1-12-8-9-19-11-16(12)17(20-18)15-7-6-13-4-2-3-5-14(13)10-15/h8-9,11,13-15,17,20H,2-7,10,18H2,1H3. The van der Waals surface area contributed by atoms with Gasteiger partial charge in [-0.1, -0.05) is 25.7 Å². The highest BCUT2D eigenvalue weighted by atomic mass is 15.2. The van der Waals surface area contributed by atoms with Crippen LogP contribution in [0.1, 0.15) is 62.1 Å². The van der Waals surface area contributed by atoms with Crippen LogP contribution in [-0.2, 0) is 0 Å². The number of aryl methyl sites for hydroxylation is 1. The first-order chi connectivity index (χ1) is 9.79. The van der Waals surface area contributed by atoms with Crippen LogP contribution in [0.5, 0.6) is 0 Å². The summed E-state index contributed by atoms with van der Waals surface area (Å²) in [6, 6.07) is 2.36. The lowest BCUT2D eigenvalue weighted by Crippen LogP contribution is -2.38. The highest BCUT2D eigenvalue weighted by Crippen LogP contribution is 2.46. The lowest BCUT2D eigenvalue weighted by molar-refractivity contribution is 0.109. The van der Waals surface area contributed by atoms with Crippen molar-refractivity contribution in [2.24, 2.45) is 23.6 Å². The first-order valence-electron chi connectivity index (χ1n) is 8.16. The summed E-state index contributed by atoms with van der Waals surface area (Å²) in [6.45, 7) is 2.16. The SMILES string of the molecule is Cc1ccncc1C(NN)C1CCC2CCCCC2C1. The molecule has 20 heavy (non-hydrogen) atoms. The zero-order chi connectivity index (χ0) is 13.9. The van der Waals surface area contributed by atoms with Crippen LogP contribution in [0, 0.1) is 24.7 Å². The predicted octanol–water partition coefficient (Wildman–Crippen LogP) is 3.50.